The van der Waals surface area contributed by atoms with Crippen LogP contribution in [0.3, 0.4) is 0 Å². The molecule has 0 amide bonds. The molecule has 0 spiro atoms. The van der Waals surface area contributed by atoms with E-state index in [0.29, 0.717) is 21.8 Å². The lowest BCUT2D eigenvalue weighted by Crippen LogP contribution is -2.09. The smallest absolute Gasteiger partial charge is 0.266 e. The number of nitrogens with one attached hydrogen (secondary N) is 1. The zero-order chi connectivity index (χ0) is 19.3. The van der Waals surface area contributed by atoms with Crippen molar-refractivity contribution in [3.05, 3.63) is 62.2 Å². The van der Waals surface area contributed by atoms with E-state index in [4.69, 9.17) is 17.3 Å². The normalized spacial score (nSPS) is 12.7. The van der Waals surface area contributed by atoms with Gasteiger partial charge in [-0.15, -0.1) is 11.3 Å². The molecule has 0 radical (unpaired) electrons. The fourth-order valence-electron chi connectivity index (χ4n) is 3.58. The Morgan fingerprint density at radius 1 is 1.30 bits per heavy atom. The van der Waals surface area contributed by atoms with Crippen LogP contribution in [-0.4, -0.2) is 16.6 Å². The first-order chi connectivity index (χ1) is 12.9. The third-order valence-corrected chi connectivity index (χ3v) is 6.30. The first-order valence-corrected chi connectivity index (χ1v) is 9.93. The van der Waals surface area contributed by atoms with Gasteiger partial charge in [0.2, 0.25) is 0 Å². The van der Waals surface area contributed by atoms with Gasteiger partial charge in [-0.2, -0.15) is 0 Å². The topological polar surface area (TPSA) is 79.1 Å². The molecule has 4 aromatic rings. The monoisotopic (exact) mass is 398 g/mol. The quantitative estimate of drug-likeness (QED) is 0.447. The van der Waals surface area contributed by atoms with Gasteiger partial charge in [0.15, 0.2) is 0 Å². The minimum Gasteiger partial charge on any atom is -0.507 e. The number of aromatic nitrogens is 1. The van der Waals surface area contributed by atoms with E-state index < -0.39 is 0 Å². The molecule has 4 rings (SSSR count). The van der Waals surface area contributed by atoms with Gasteiger partial charge in [-0.1, -0.05) is 30.7 Å². The number of aryl methyl sites for hydroxylation is 1. The van der Waals surface area contributed by atoms with Crippen molar-refractivity contribution in [2.45, 2.75) is 19.8 Å². The Bertz CT molecular complexity index is 1240. The van der Waals surface area contributed by atoms with Crippen molar-refractivity contribution in [2.24, 2.45) is 5.73 Å². The van der Waals surface area contributed by atoms with Gasteiger partial charge in [0.05, 0.1) is 5.52 Å². The van der Waals surface area contributed by atoms with Crippen LogP contribution >= 0.6 is 22.9 Å². The van der Waals surface area contributed by atoms with E-state index in [1.807, 2.05) is 43.5 Å². The highest BCUT2D eigenvalue weighted by molar-refractivity contribution is 7.17. The Balaban J connectivity index is 2.09. The standard InChI is InChI=1S/C21H19ClN2O2S/c1-10-7-16(25)17(12-3-4-13(11(2)9-23)15(22)8-12)18-14-5-6-27-20(14)21(26)24-19(10)18/h3-8,11,25H,9,23H2,1-2H3,(H,24,26). The lowest BCUT2D eigenvalue weighted by Gasteiger charge is -2.16. The van der Waals surface area contributed by atoms with Gasteiger partial charge in [-0.05, 0) is 59.7 Å². The number of phenolic OH excluding ortho intramolecular Hbond substituents is 1. The minimum absolute atomic E-state index is 0.114. The van der Waals surface area contributed by atoms with Gasteiger partial charge in [-0.25, -0.2) is 0 Å². The number of thiophene rings is 1. The largest absolute Gasteiger partial charge is 0.507 e. The summed E-state index contributed by atoms with van der Waals surface area (Å²) in [5.41, 5.74) is 9.65. The van der Waals surface area contributed by atoms with Crippen molar-refractivity contribution in [3.8, 4) is 16.9 Å². The van der Waals surface area contributed by atoms with Gasteiger partial charge in [0, 0.05) is 21.4 Å². The number of aromatic amines is 1. The van der Waals surface area contributed by atoms with Crippen molar-refractivity contribution in [3.63, 3.8) is 0 Å². The summed E-state index contributed by atoms with van der Waals surface area (Å²) in [6.07, 6.45) is 0. The molecule has 2 aromatic carbocycles. The van der Waals surface area contributed by atoms with Crippen molar-refractivity contribution in [2.75, 3.05) is 6.54 Å². The number of nitrogens with two attached hydrogens (primary N) is 1. The molecule has 2 heterocycles. The number of benzene rings is 2. The minimum atomic E-state index is -0.114. The van der Waals surface area contributed by atoms with E-state index in [9.17, 15) is 9.90 Å². The van der Waals surface area contributed by atoms with Crippen LogP contribution in [0.1, 0.15) is 24.0 Å². The predicted octanol–water partition coefficient (Wildman–Crippen LogP) is 5.14. The summed E-state index contributed by atoms with van der Waals surface area (Å²) in [7, 11) is 0. The summed E-state index contributed by atoms with van der Waals surface area (Å²) < 4.78 is 0.647. The molecular weight excluding hydrogens is 380 g/mol. The second kappa shape index (κ2) is 6.68. The molecule has 0 saturated heterocycles. The maximum absolute atomic E-state index is 12.4. The third kappa shape index (κ3) is 2.83. The molecule has 4 N–H and O–H groups in total. The number of aromatic hydroxyl groups is 1. The molecule has 1 atom stereocenters. The Morgan fingerprint density at radius 2 is 2.07 bits per heavy atom. The Morgan fingerprint density at radius 3 is 2.78 bits per heavy atom. The van der Waals surface area contributed by atoms with Gasteiger partial charge in [0.1, 0.15) is 10.4 Å². The van der Waals surface area contributed by atoms with Crippen LogP contribution in [0.4, 0.5) is 0 Å². The summed E-state index contributed by atoms with van der Waals surface area (Å²) in [4.78, 5) is 15.4. The van der Waals surface area contributed by atoms with Crippen LogP contribution in [0.25, 0.3) is 32.1 Å². The highest BCUT2D eigenvalue weighted by atomic mass is 35.5. The second-order valence-corrected chi connectivity index (χ2v) is 8.15. The van der Waals surface area contributed by atoms with Gasteiger partial charge in [0.25, 0.3) is 5.56 Å². The van der Waals surface area contributed by atoms with Crippen LogP contribution in [-0.2, 0) is 0 Å². The van der Waals surface area contributed by atoms with Crippen molar-refractivity contribution < 1.29 is 5.11 Å². The highest BCUT2D eigenvalue weighted by Crippen LogP contribution is 2.42. The summed E-state index contributed by atoms with van der Waals surface area (Å²) in [6.45, 7) is 4.41. The zero-order valence-corrected chi connectivity index (χ0v) is 16.5. The van der Waals surface area contributed by atoms with Gasteiger partial charge in [-0.3, -0.25) is 4.79 Å². The number of halogens is 1. The third-order valence-electron chi connectivity index (χ3n) is 5.06. The molecule has 0 bridgehead atoms. The fourth-order valence-corrected chi connectivity index (χ4v) is 4.75. The average molecular weight is 399 g/mol. The molecule has 138 valence electrons. The van der Waals surface area contributed by atoms with E-state index >= 15 is 0 Å². The van der Waals surface area contributed by atoms with Crippen molar-refractivity contribution >= 4 is 43.9 Å². The second-order valence-electron chi connectivity index (χ2n) is 6.83. The van der Waals surface area contributed by atoms with E-state index in [1.165, 1.54) is 11.3 Å². The number of H-pyrrole nitrogens is 1. The van der Waals surface area contributed by atoms with Crippen LogP contribution < -0.4 is 11.3 Å². The van der Waals surface area contributed by atoms with Crippen LogP contribution in [0.2, 0.25) is 5.02 Å². The van der Waals surface area contributed by atoms with E-state index in [-0.39, 0.29) is 17.2 Å². The summed E-state index contributed by atoms with van der Waals surface area (Å²) in [5.74, 6) is 0.310. The molecule has 0 aliphatic heterocycles. The first-order valence-electron chi connectivity index (χ1n) is 8.68. The lowest BCUT2D eigenvalue weighted by molar-refractivity contribution is 0.477. The number of fused-ring (bicyclic) bond motifs is 3. The predicted molar refractivity (Wildman–Crippen MR) is 114 cm³/mol. The molecule has 27 heavy (non-hydrogen) atoms. The highest BCUT2D eigenvalue weighted by Gasteiger charge is 2.18. The average Bonchev–Trinajstić information content (AvgIpc) is 3.13. The van der Waals surface area contributed by atoms with Crippen LogP contribution in [0.5, 0.6) is 5.75 Å². The first kappa shape index (κ1) is 18.0. The zero-order valence-electron chi connectivity index (χ0n) is 15.0. The molecule has 0 fully saturated rings. The lowest BCUT2D eigenvalue weighted by atomic mass is 9.93. The maximum atomic E-state index is 12.4. The summed E-state index contributed by atoms with van der Waals surface area (Å²) in [6, 6.07) is 9.36. The number of phenols is 1. The molecule has 4 nitrogen and oxygen atoms in total. The van der Waals surface area contributed by atoms with E-state index in [1.54, 1.807) is 6.07 Å². The van der Waals surface area contributed by atoms with E-state index in [0.717, 1.165) is 33.0 Å². The van der Waals surface area contributed by atoms with Gasteiger partial charge >= 0.3 is 0 Å². The number of hydrogen-bond acceptors (Lipinski definition) is 4. The molecule has 0 saturated carbocycles. The molecule has 1 unspecified atom stereocenters. The molecule has 2 aromatic heterocycles. The summed E-state index contributed by atoms with van der Waals surface area (Å²) >= 11 is 7.91. The molecular formula is C21H19ClN2O2S. The molecule has 6 heteroatoms. The van der Waals surface area contributed by atoms with Crippen molar-refractivity contribution in [1.29, 1.82) is 0 Å². The van der Waals surface area contributed by atoms with Crippen LogP contribution in [0, 0.1) is 6.92 Å². The number of rotatable bonds is 3. The van der Waals surface area contributed by atoms with Gasteiger partial charge < -0.3 is 15.8 Å². The number of pyridine rings is 1. The van der Waals surface area contributed by atoms with E-state index in [2.05, 4.69) is 4.98 Å². The Labute approximate surface area is 165 Å². The summed E-state index contributed by atoms with van der Waals surface area (Å²) in [5, 5.41) is 14.9. The maximum Gasteiger partial charge on any atom is 0.266 e. The van der Waals surface area contributed by atoms with Crippen LogP contribution in [0.15, 0.2) is 40.5 Å². The number of hydrogen-bond donors (Lipinski definition) is 3. The fraction of sp³-hybridized carbons (Fsp3) is 0.190. The molecule has 0 aliphatic rings. The molecule has 0 aliphatic carbocycles. The SMILES string of the molecule is Cc1cc(O)c(-c2ccc(C(C)CN)c(Cl)c2)c2c1[nH]c(=O)c1sccc12. The Kier molecular flexibility index (Phi) is 4.46. The Hall–Kier alpha value is -2.34. The van der Waals surface area contributed by atoms with Crippen molar-refractivity contribution in [1.82, 2.24) is 4.98 Å².